The number of hydrogen-bond donors (Lipinski definition) is 1. The minimum absolute atomic E-state index is 0.00574. The highest BCUT2D eigenvalue weighted by Gasteiger charge is 2.42. The molecule has 2 aromatic rings. The number of carbonyl (C=O) groups is 2. The number of nitrogens with two attached hydrogens (primary N) is 1. The Labute approximate surface area is 194 Å². The maximum absolute atomic E-state index is 12.8. The number of aryl methyl sites for hydroxylation is 1. The molecular weight excluding hydrogens is 455 g/mol. The first-order valence-electron chi connectivity index (χ1n) is 10.6. The predicted octanol–water partition coefficient (Wildman–Crippen LogP) is 3.71. The maximum Gasteiger partial charge on any atom is 0.573 e. The first-order valence-corrected chi connectivity index (χ1v) is 11.5. The molecule has 2 fully saturated rings. The second kappa shape index (κ2) is 9.64. The molecule has 176 valence electrons. The minimum atomic E-state index is -4.72. The molecule has 4 rings (SSSR count). The van der Waals surface area contributed by atoms with Gasteiger partial charge in [0.05, 0.1) is 0 Å². The van der Waals surface area contributed by atoms with Gasteiger partial charge in [-0.3, -0.25) is 14.7 Å². The van der Waals surface area contributed by atoms with Crippen molar-refractivity contribution in [3.05, 3.63) is 59.7 Å². The van der Waals surface area contributed by atoms with Gasteiger partial charge in [-0.15, -0.1) is 13.2 Å². The topological polar surface area (TPSA) is 75.9 Å². The summed E-state index contributed by atoms with van der Waals surface area (Å²) in [5, 5.41) is 5.52. The van der Waals surface area contributed by atoms with Crippen molar-refractivity contribution < 1.29 is 27.5 Å². The van der Waals surface area contributed by atoms with E-state index in [1.807, 2.05) is 21.9 Å². The third-order valence-electron chi connectivity index (χ3n) is 6.15. The van der Waals surface area contributed by atoms with Crippen LogP contribution in [0.5, 0.6) is 5.75 Å². The molecule has 33 heavy (non-hydrogen) atoms. The summed E-state index contributed by atoms with van der Waals surface area (Å²) in [6.45, 7) is 2.49. The van der Waals surface area contributed by atoms with Crippen LogP contribution in [0.3, 0.4) is 0 Å². The fourth-order valence-corrected chi connectivity index (χ4v) is 4.78. The average molecular weight is 480 g/mol. The first-order chi connectivity index (χ1) is 15.7. The molecule has 0 aliphatic carbocycles. The van der Waals surface area contributed by atoms with Crippen LogP contribution in [-0.4, -0.2) is 54.2 Å². The molecule has 2 saturated heterocycles. The van der Waals surface area contributed by atoms with E-state index in [0.29, 0.717) is 38.2 Å². The van der Waals surface area contributed by atoms with E-state index in [2.05, 4.69) is 4.74 Å². The van der Waals surface area contributed by atoms with Crippen molar-refractivity contribution in [1.29, 1.82) is 0 Å². The van der Waals surface area contributed by atoms with E-state index in [1.165, 1.54) is 24.3 Å². The van der Waals surface area contributed by atoms with Crippen LogP contribution in [0.4, 0.5) is 13.2 Å². The molecule has 2 amide bonds. The molecule has 0 saturated carbocycles. The van der Waals surface area contributed by atoms with Gasteiger partial charge in [-0.2, -0.15) is 0 Å². The Hall–Kier alpha value is -2.72. The lowest BCUT2D eigenvalue weighted by Gasteiger charge is -2.22. The molecule has 2 unspecified atom stereocenters. The lowest BCUT2D eigenvalue weighted by Crippen LogP contribution is -2.35. The Balaban J connectivity index is 1.24. The number of amides is 2. The second-order valence-corrected chi connectivity index (χ2v) is 9.07. The summed E-state index contributed by atoms with van der Waals surface area (Å²) in [6.07, 6.45) is -3.99. The lowest BCUT2D eigenvalue weighted by atomic mass is 10.0. The van der Waals surface area contributed by atoms with E-state index in [9.17, 15) is 22.8 Å². The molecule has 0 spiro atoms. The Bertz CT molecular complexity index is 985. The quantitative estimate of drug-likeness (QED) is 0.640. The highest BCUT2D eigenvalue weighted by Crippen LogP contribution is 2.32. The third-order valence-corrected chi connectivity index (χ3v) is 6.69. The van der Waals surface area contributed by atoms with Crippen LogP contribution in [0.25, 0.3) is 0 Å². The third kappa shape index (κ3) is 5.80. The van der Waals surface area contributed by atoms with Crippen LogP contribution in [-0.2, 0) is 11.2 Å². The van der Waals surface area contributed by atoms with Gasteiger partial charge in [0.1, 0.15) is 5.75 Å². The summed E-state index contributed by atoms with van der Waals surface area (Å²) in [4.78, 5) is 30.0. The zero-order valence-electron chi connectivity index (χ0n) is 17.8. The molecule has 2 heterocycles. The van der Waals surface area contributed by atoms with Crippen LogP contribution in [0.15, 0.2) is 53.4 Å². The van der Waals surface area contributed by atoms with E-state index in [-0.39, 0.29) is 35.8 Å². The average Bonchev–Trinajstić information content (AvgIpc) is 3.36. The molecule has 10 heteroatoms. The highest BCUT2D eigenvalue weighted by atomic mass is 32.2. The summed E-state index contributed by atoms with van der Waals surface area (Å²) in [5.41, 5.74) is 1.40. The van der Waals surface area contributed by atoms with E-state index in [0.717, 1.165) is 22.4 Å². The SMILES string of the molecule is NSc1ccc(C(=O)N2CC3CN(C(=O)CCc4ccc(OC(F)(F)F)cc4)CC3C2)cc1. The fourth-order valence-electron chi connectivity index (χ4n) is 4.49. The van der Waals surface area contributed by atoms with Crippen molar-refractivity contribution in [2.24, 2.45) is 17.0 Å². The molecule has 0 radical (unpaired) electrons. The van der Waals surface area contributed by atoms with Gasteiger partial charge in [-0.05, 0) is 60.3 Å². The number of halogens is 3. The molecule has 2 aliphatic rings. The second-order valence-electron chi connectivity index (χ2n) is 8.36. The fraction of sp³-hybridized carbons (Fsp3) is 0.391. The Morgan fingerprint density at radius 1 is 0.939 bits per heavy atom. The summed E-state index contributed by atoms with van der Waals surface area (Å²) < 4.78 is 40.6. The number of rotatable bonds is 6. The van der Waals surface area contributed by atoms with Crippen molar-refractivity contribution in [3.8, 4) is 5.75 Å². The Kier molecular flexibility index (Phi) is 6.85. The zero-order chi connectivity index (χ0) is 23.6. The van der Waals surface area contributed by atoms with Crippen LogP contribution in [0.2, 0.25) is 0 Å². The molecule has 2 aromatic carbocycles. The Morgan fingerprint density at radius 3 is 2.06 bits per heavy atom. The Morgan fingerprint density at radius 2 is 1.52 bits per heavy atom. The van der Waals surface area contributed by atoms with Gasteiger partial charge in [-0.25, -0.2) is 0 Å². The number of fused-ring (bicyclic) bond motifs is 1. The van der Waals surface area contributed by atoms with Gasteiger partial charge in [0.2, 0.25) is 5.91 Å². The van der Waals surface area contributed by atoms with Gasteiger partial charge < -0.3 is 14.5 Å². The van der Waals surface area contributed by atoms with Crippen LogP contribution >= 0.6 is 11.9 Å². The number of nitrogens with zero attached hydrogens (tertiary/aromatic N) is 2. The van der Waals surface area contributed by atoms with Crippen molar-refractivity contribution in [2.75, 3.05) is 26.2 Å². The largest absolute Gasteiger partial charge is 0.573 e. The molecule has 2 atom stereocenters. The summed E-state index contributed by atoms with van der Waals surface area (Å²) >= 11 is 1.13. The van der Waals surface area contributed by atoms with Crippen LogP contribution in [0.1, 0.15) is 22.3 Å². The predicted molar refractivity (Wildman–Crippen MR) is 117 cm³/mol. The molecule has 0 aromatic heterocycles. The van der Waals surface area contributed by atoms with Crippen LogP contribution < -0.4 is 9.88 Å². The highest BCUT2D eigenvalue weighted by molar-refractivity contribution is 7.97. The number of hydrogen-bond acceptors (Lipinski definition) is 5. The van der Waals surface area contributed by atoms with Crippen LogP contribution in [0, 0.1) is 11.8 Å². The van der Waals surface area contributed by atoms with Crippen molar-refractivity contribution in [1.82, 2.24) is 9.80 Å². The van der Waals surface area contributed by atoms with Gasteiger partial charge in [0.15, 0.2) is 0 Å². The molecule has 2 N–H and O–H groups in total. The standard InChI is InChI=1S/C23H24F3N3O3S/c24-23(25,26)32-19-6-1-15(2-7-19)3-10-21(30)28-11-17-13-29(14-18(17)12-28)22(31)16-4-8-20(33-27)9-5-16/h1-2,4-9,17-18H,3,10-14,27H2. The smallest absolute Gasteiger partial charge is 0.406 e. The van der Waals surface area contributed by atoms with Gasteiger partial charge in [0, 0.05) is 54.9 Å². The number of benzene rings is 2. The summed E-state index contributed by atoms with van der Waals surface area (Å²) in [7, 11) is 0. The molecular formula is C23H24F3N3O3S. The maximum atomic E-state index is 12.8. The zero-order valence-corrected chi connectivity index (χ0v) is 18.6. The first kappa shape index (κ1) is 23.4. The monoisotopic (exact) mass is 479 g/mol. The molecule has 0 bridgehead atoms. The molecule has 6 nitrogen and oxygen atoms in total. The number of carbonyl (C=O) groups excluding carboxylic acids is 2. The van der Waals surface area contributed by atoms with Crippen molar-refractivity contribution in [2.45, 2.75) is 24.1 Å². The minimum Gasteiger partial charge on any atom is -0.406 e. The van der Waals surface area contributed by atoms with Gasteiger partial charge in [0.25, 0.3) is 5.91 Å². The van der Waals surface area contributed by atoms with E-state index < -0.39 is 6.36 Å². The normalized spacial score (nSPS) is 20.1. The van der Waals surface area contributed by atoms with E-state index in [4.69, 9.17) is 5.14 Å². The van der Waals surface area contributed by atoms with E-state index in [1.54, 1.807) is 12.1 Å². The number of likely N-dealkylation sites (tertiary alicyclic amines) is 2. The van der Waals surface area contributed by atoms with Gasteiger partial charge >= 0.3 is 6.36 Å². The van der Waals surface area contributed by atoms with Crippen molar-refractivity contribution in [3.63, 3.8) is 0 Å². The summed E-state index contributed by atoms with van der Waals surface area (Å²) in [6, 6.07) is 12.8. The number of ether oxygens (including phenoxy) is 1. The molecule has 2 aliphatic heterocycles. The van der Waals surface area contributed by atoms with Crippen molar-refractivity contribution >= 4 is 23.8 Å². The van der Waals surface area contributed by atoms with E-state index >= 15 is 0 Å². The van der Waals surface area contributed by atoms with Gasteiger partial charge in [-0.1, -0.05) is 12.1 Å². The summed E-state index contributed by atoms with van der Waals surface area (Å²) in [5.74, 6) is 0.256. The number of alkyl halides is 3. The lowest BCUT2D eigenvalue weighted by molar-refractivity contribution is -0.274.